The molecule has 1 aliphatic rings. The minimum absolute atomic E-state index is 0.859. The molecule has 0 amide bonds. The molecule has 1 aliphatic heterocycles. The van der Waals surface area contributed by atoms with Gasteiger partial charge >= 0.3 is 0 Å². The Morgan fingerprint density at radius 1 is 1.32 bits per heavy atom. The third kappa shape index (κ3) is 4.63. The average Bonchev–Trinajstić information content (AvgIpc) is 2.42. The normalized spacial score (nSPS) is 20.6. The number of aryl methyl sites for hydroxylation is 2. The summed E-state index contributed by atoms with van der Waals surface area (Å²) in [6, 6.07) is 8.78. The van der Waals surface area contributed by atoms with E-state index in [-0.39, 0.29) is 0 Å². The first-order valence-electron chi connectivity index (χ1n) is 7.71. The van der Waals surface area contributed by atoms with Gasteiger partial charge in [0.05, 0.1) is 0 Å². The van der Waals surface area contributed by atoms with E-state index in [4.69, 9.17) is 0 Å². The molecule has 1 N–H and O–H groups in total. The quantitative estimate of drug-likeness (QED) is 0.846. The van der Waals surface area contributed by atoms with Gasteiger partial charge in [-0.2, -0.15) is 0 Å². The Labute approximate surface area is 118 Å². The number of rotatable bonds is 6. The van der Waals surface area contributed by atoms with Crippen molar-refractivity contribution >= 4 is 0 Å². The average molecular weight is 260 g/mol. The summed E-state index contributed by atoms with van der Waals surface area (Å²) in [5, 5.41) is 3.32. The monoisotopic (exact) mass is 260 g/mol. The van der Waals surface area contributed by atoms with E-state index in [0.717, 1.165) is 5.92 Å². The van der Waals surface area contributed by atoms with Crippen LogP contribution in [0.15, 0.2) is 24.3 Å². The molecular formula is C17H28N2. The highest BCUT2D eigenvalue weighted by Gasteiger charge is 2.18. The molecule has 2 heteroatoms. The lowest BCUT2D eigenvalue weighted by Crippen LogP contribution is -2.39. The zero-order valence-corrected chi connectivity index (χ0v) is 12.5. The fourth-order valence-electron chi connectivity index (χ4n) is 3.19. The first-order chi connectivity index (χ1) is 9.29. The van der Waals surface area contributed by atoms with Crippen molar-refractivity contribution in [2.24, 2.45) is 5.92 Å². The molecule has 1 heterocycles. The molecule has 1 fully saturated rings. The maximum atomic E-state index is 3.32. The van der Waals surface area contributed by atoms with E-state index in [2.05, 4.69) is 48.5 Å². The zero-order valence-electron chi connectivity index (χ0n) is 12.5. The van der Waals surface area contributed by atoms with Crippen molar-refractivity contribution in [3.8, 4) is 0 Å². The lowest BCUT2D eigenvalue weighted by Gasteiger charge is -2.32. The van der Waals surface area contributed by atoms with Crippen LogP contribution < -0.4 is 5.32 Å². The smallest absolute Gasteiger partial charge is 0.00218 e. The predicted molar refractivity (Wildman–Crippen MR) is 82.6 cm³/mol. The summed E-state index contributed by atoms with van der Waals surface area (Å²) < 4.78 is 0. The minimum atomic E-state index is 0.859. The van der Waals surface area contributed by atoms with Crippen LogP contribution in [0, 0.1) is 12.8 Å². The highest BCUT2D eigenvalue weighted by Crippen LogP contribution is 2.17. The summed E-state index contributed by atoms with van der Waals surface area (Å²) >= 11 is 0. The van der Waals surface area contributed by atoms with E-state index in [9.17, 15) is 0 Å². The molecule has 2 nitrogen and oxygen atoms in total. The molecule has 0 radical (unpaired) electrons. The van der Waals surface area contributed by atoms with E-state index in [1.165, 1.54) is 63.0 Å². The van der Waals surface area contributed by atoms with Crippen molar-refractivity contribution in [1.29, 1.82) is 0 Å². The first-order valence-corrected chi connectivity index (χ1v) is 7.71. The standard InChI is InChI=1S/C17H28N2/c1-15-7-3-4-9-17(15)10-6-12-19-11-5-8-16(14-19)13-18-2/h3-4,7,9,16,18H,5-6,8,10-14H2,1-2H3. The molecule has 1 saturated heterocycles. The molecule has 1 aromatic rings. The largest absolute Gasteiger partial charge is 0.319 e. The molecular weight excluding hydrogens is 232 g/mol. The molecule has 19 heavy (non-hydrogen) atoms. The Kier molecular flexibility index (Phi) is 5.87. The van der Waals surface area contributed by atoms with Gasteiger partial charge in [0.1, 0.15) is 0 Å². The molecule has 1 unspecified atom stereocenters. The van der Waals surface area contributed by atoms with Crippen molar-refractivity contribution in [3.05, 3.63) is 35.4 Å². The molecule has 0 aromatic heterocycles. The lowest BCUT2D eigenvalue weighted by atomic mass is 9.97. The molecule has 0 spiro atoms. The van der Waals surface area contributed by atoms with E-state index in [0.29, 0.717) is 0 Å². The summed E-state index contributed by atoms with van der Waals surface area (Å²) in [7, 11) is 2.07. The van der Waals surface area contributed by atoms with Crippen LogP contribution in [-0.4, -0.2) is 38.1 Å². The third-order valence-corrected chi connectivity index (χ3v) is 4.28. The van der Waals surface area contributed by atoms with Crippen molar-refractivity contribution in [2.45, 2.75) is 32.6 Å². The van der Waals surface area contributed by atoms with Crippen LogP contribution in [0.3, 0.4) is 0 Å². The van der Waals surface area contributed by atoms with Crippen molar-refractivity contribution in [1.82, 2.24) is 10.2 Å². The molecule has 1 aromatic carbocycles. The van der Waals surface area contributed by atoms with Crippen molar-refractivity contribution in [3.63, 3.8) is 0 Å². The zero-order chi connectivity index (χ0) is 13.5. The van der Waals surface area contributed by atoms with Crippen LogP contribution in [-0.2, 0) is 6.42 Å². The second-order valence-corrected chi connectivity index (χ2v) is 5.90. The minimum Gasteiger partial charge on any atom is -0.319 e. The van der Waals surface area contributed by atoms with Gasteiger partial charge in [0.25, 0.3) is 0 Å². The summed E-state index contributed by atoms with van der Waals surface area (Å²) in [4.78, 5) is 2.66. The van der Waals surface area contributed by atoms with E-state index < -0.39 is 0 Å². The van der Waals surface area contributed by atoms with Gasteiger partial charge in [0.2, 0.25) is 0 Å². The third-order valence-electron chi connectivity index (χ3n) is 4.28. The number of nitrogens with zero attached hydrogens (tertiary/aromatic N) is 1. The van der Waals surface area contributed by atoms with Crippen molar-refractivity contribution in [2.75, 3.05) is 33.2 Å². The first kappa shape index (κ1) is 14.5. The summed E-state index contributed by atoms with van der Waals surface area (Å²) in [5.74, 6) is 0.859. The summed E-state index contributed by atoms with van der Waals surface area (Å²) in [6.45, 7) is 7.24. The molecule has 1 atom stereocenters. The number of likely N-dealkylation sites (tertiary alicyclic amines) is 1. The maximum absolute atomic E-state index is 3.32. The fourth-order valence-corrected chi connectivity index (χ4v) is 3.19. The van der Waals surface area contributed by atoms with E-state index in [1.807, 2.05) is 0 Å². The number of hydrogen-bond donors (Lipinski definition) is 1. The topological polar surface area (TPSA) is 15.3 Å². The number of piperidine rings is 1. The van der Waals surface area contributed by atoms with Gasteiger partial charge in [-0.3, -0.25) is 0 Å². The number of nitrogens with one attached hydrogen (secondary N) is 1. The predicted octanol–water partition coefficient (Wildman–Crippen LogP) is 2.86. The Morgan fingerprint density at radius 3 is 2.95 bits per heavy atom. The molecule has 2 rings (SSSR count). The molecule has 0 saturated carbocycles. The fraction of sp³-hybridized carbons (Fsp3) is 0.647. The van der Waals surface area contributed by atoms with Crippen LogP contribution in [0.1, 0.15) is 30.4 Å². The molecule has 0 bridgehead atoms. The maximum Gasteiger partial charge on any atom is 0.00218 e. The van der Waals surface area contributed by atoms with Crippen LogP contribution >= 0.6 is 0 Å². The second-order valence-electron chi connectivity index (χ2n) is 5.90. The van der Waals surface area contributed by atoms with Crippen LogP contribution in [0.2, 0.25) is 0 Å². The Hall–Kier alpha value is -0.860. The van der Waals surface area contributed by atoms with Gasteiger partial charge in [-0.05, 0) is 76.3 Å². The van der Waals surface area contributed by atoms with E-state index in [1.54, 1.807) is 0 Å². The summed E-state index contributed by atoms with van der Waals surface area (Å²) in [5.41, 5.74) is 2.96. The summed E-state index contributed by atoms with van der Waals surface area (Å²) in [6.07, 6.45) is 5.28. The number of hydrogen-bond acceptors (Lipinski definition) is 2. The molecule has 106 valence electrons. The van der Waals surface area contributed by atoms with Gasteiger partial charge in [-0.1, -0.05) is 24.3 Å². The van der Waals surface area contributed by atoms with Gasteiger partial charge < -0.3 is 10.2 Å². The van der Waals surface area contributed by atoms with Crippen molar-refractivity contribution < 1.29 is 0 Å². The highest BCUT2D eigenvalue weighted by molar-refractivity contribution is 5.25. The second kappa shape index (κ2) is 7.66. The van der Waals surface area contributed by atoms with Gasteiger partial charge in [0, 0.05) is 6.54 Å². The van der Waals surface area contributed by atoms with Gasteiger partial charge in [0.15, 0.2) is 0 Å². The van der Waals surface area contributed by atoms with Crippen LogP contribution in [0.4, 0.5) is 0 Å². The van der Waals surface area contributed by atoms with Gasteiger partial charge in [-0.15, -0.1) is 0 Å². The Morgan fingerprint density at radius 2 is 2.16 bits per heavy atom. The van der Waals surface area contributed by atoms with Crippen LogP contribution in [0.25, 0.3) is 0 Å². The Balaban J connectivity index is 1.72. The highest BCUT2D eigenvalue weighted by atomic mass is 15.1. The lowest BCUT2D eigenvalue weighted by molar-refractivity contribution is 0.172. The van der Waals surface area contributed by atoms with Gasteiger partial charge in [-0.25, -0.2) is 0 Å². The Bertz CT molecular complexity index is 373. The SMILES string of the molecule is CNCC1CCCN(CCCc2ccccc2C)C1. The molecule has 0 aliphatic carbocycles. The van der Waals surface area contributed by atoms with E-state index >= 15 is 0 Å². The number of benzene rings is 1. The van der Waals surface area contributed by atoms with Crippen LogP contribution in [0.5, 0.6) is 0 Å².